The Labute approximate surface area is 216 Å². The van der Waals surface area contributed by atoms with E-state index in [4.69, 9.17) is 9.97 Å². The molecular weight excluding hydrogens is 488 g/mol. The standard InChI is InChI=1S/C25H26N10O3/c1-33(2)8-7-26-22(37)14-3-6-19-18(10-14)27-13-34(19)24-31-21-16(9-15-11-20(36)30-23(15)38)12-28-35(21)25(32-24)29-17-4-5-17/h3,6,9-10,12-13,17H,4-5,7-8,11H2,1-2H3,(H,26,37)(H,29,31,32)(H,30,36,38). The zero-order chi connectivity index (χ0) is 26.4. The topological polar surface area (TPSA) is 151 Å². The fourth-order valence-electron chi connectivity index (χ4n) is 4.21. The van der Waals surface area contributed by atoms with Crippen molar-refractivity contribution < 1.29 is 14.4 Å². The summed E-state index contributed by atoms with van der Waals surface area (Å²) in [4.78, 5) is 52.3. The van der Waals surface area contributed by atoms with Crippen LogP contribution in [0.2, 0.25) is 0 Å². The first-order valence-electron chi connectivity index (χ1n) is 12.3. The van der Waals surface area contributed by atoms with E-state index in [1.807, 2.05) is 25.1 Å². The number of anilines is 1. The number of likely N-dealkylation sites (N-methyl/N-ethyl adjacent to an activating group) is 1. The lowest BCUT2D eigenvalue weighted by Crippen LogP contribution is -2.31. The molecule has 13 heteroatoms. The lowest BCUT2D eigenvalue weighted by Gasteiger charge is -2.11. The van der Waals surface area contributed by atoms with Crippen LogP contribution >= 0.6 is 0 Å². The van der Waals surface area contributed by atoms with Crippen LogP contribution in [-0.4, -0.2) is 85.0 Å². The van der Waals surface area contributed by atoms with E-state index in [1.54, 1.807) is 39.8 Å². The number of nitrogens with zero attached hydrogens (tertiary/aromatic N) is 7. The van der Waals surface area contributed by atoms with Gasteiger partial charge in [-0.3, -0.25) is 24.3 Å². The number of nitrogens with one attached hydrogen (secondary N) is 3. The molecule has 0 bridgehead atoms. The molecule has 0 unspecified atom stereocenters. The fourth-order valence-corrected chi connectivity index (χ4v) is 4.21. The Morgan fingerprint density at radius 2 is 2.08 bits per heavy atom. The SMILES string of the molecule is CN(C)CCNC(=O)c1ccc2c(c1)ncn2-c1nc(NC2CC2)n2ncc(C=C3CC(=O)NC3=O)c2n1. The van der Waals surface area contributed by atoms with Crippen molar-refractivity contribution in [3.63, 3.8) is 0 Å². The van der Waals surface area contributed by atoms with E-state index in [9.17, 15) is 14.4 Å². The fraction of sp³-hybridized carbons (Fsp3) is 0.320. The van der Waals surface area contributed by atoms with Gasteiger partial charge in [-0.05, 0) is 51.2 Å². The van der Waals surface area contributed by atoms with Crippen molar-refractivity contribution in [3.05, 3.63) is 47.4 Å². The van der Waals surface area contributed by atoms with Crippen molar-refractivity contribution in [1.29, 1.82) is 0 Å². The normalized spacial score (nSPS) is 16.7. The van der Waals surface area contributed by atoms with Gasteiger partial charge in [0.25, 0.3) is 11.8 Å². The van der Waals surface area contributed by atoms with E-state index >= 15 is 0 Å². The van der Waals surface area contributed by atoms with Crippen LogP contribution in [0.15, 0.2) is 36.3 Å². The summed E-state index contributed by atoms with van der Waals surface area (Å²) in [7, 11) is 3.90. The van der Waals surface area contributed by atoms with Crippen LogP contribution in [0, 0.1) is 0 Å². The average Bonchev–Trinajstić information content (AvgIpc) is 3.30. The molecule has 2 aliphatic rings. The predicted molar refractivity (Wildman–Crippen MR) is 139 cm³/mol. The predicted octanol–water partition coefficient (Wildman–Crippen LogP) is 0.759. The quantitative estimate of drug-likeness (QED) is 0.229. The molecule has 3 aromatic heterocycles. The minimum atomic E-state index is -0.415. The first kappa shape index (κ1) is 23.7. The highest BCUT2D eigenvalue weighted by molar-refractivity contribution is 6.15. The van der Waals surface area contributed by atoms with Crippen molar-refractivity contribution in [2.45, 2.75) is 25.3 Å². The summed E-state index contributed by atoms with van der Waals surface area (Å²) in [5.74, 6) is -0.0357. The van der Waals surface area contributed by atoms with Crippen molar-refractivity contribution in [2.24, 2.45) is 0 Å². The zero-order valence-electron chi connectivity index (χ0n) is 20.9. The number of fused-ring (bicyclic) bond motifs is 2. The maximum absolute atomic E-state index is 12.6. The van der Waals surface area contributed by atoms with Gasteiger partial charge in [0.2, 0.25) is 17.8 Å². The van der Waals surface area contributed by atoms with E-state index in [2.05, 4.69) is 26.0 Å². The van der Waals surface area contributed by atoms with Gasteiger partial charge >= 0.3 is 0 Å². The van der Waals surface area contributed by atoms with Crippen molar-refractivity contribution in [2.75, 3.05) is 32.5 Å². The lowest BCUT2D eigenvalue weighted by atomic mass is 10.1. The largest absolute Gasteiger partial charge is 0.351 e. The Bertz CT molecular complexity index is 1630. The summed E-state index contributed by atoms with van der Waals surface area (Å²) < 4.78 is 3.34. The highest BCUT2D eigenvalue weighted by Gasteiger charge is 2.26. The van der Waals surface area contributed by atoms with E-state index in [-0.39, 0.29) is 18.2 Å². The highest BCUT2D eigenvalue weighted by Crippen LogP contribution is 2.27. The van der Waals surface area contributed by atoms with Crippen LogP contribution in [0.1, 0.15) is 35.2 Å². The molecule has 0 atom stereocenters. The molecule has 38 heavy (non-hydrogen) atoms. The monoisotopic (exact) mass is 514 g/mol. The average molecular weight is 515 g/mol. The number of rotatable bonds is 8. The molecule has 4 aromatic rings. The Morgan fingerprint density at radius 1 is 1.24 bits per heavy atom. The second-order valence-corrected chi connectivity index (χ2v) is 9.70. The number of carbonyl (C=O) groups excluding carboxylic acids is 3. The maximum atomic E-state index is 12.6. The van der Waals surface area contributed by atoms with E-state index in [1.165, 1.54) is 0 Å². The number of imide groups is 1. The minimum Gasteiger partial charge on any atom is -0.351 e. The summed E-state index contributed by atoms with van der Waals surface area (Å²) >= 11 is 0. The summed E-state index contributed by atoms with van der Waals surface area (Å²) in [6.45, 7) is 1.29. The van der Waals surface area contributed by atoms with Crippen molar-refractivity contribution >= 4 is 46.4 Å². The minimum absolute atomic E-state index is 0.0124. The van der Waals surface area contributed by atoms with Crippen LogP contribution in [-0.2, 0) is 9.59 Å². The second-order valence-electron chi connectivity index (χ2n) is 9.70. The van der Waals surface area contributed by atoms with Gasteiger partial charge in [0.1, 0.15) is 6.33 Å². The number of carbonyl (C=O) groups is 3. The molecule has 3 amide bonds. The zero-order valence-corrected chi connectivity index (χ0v) is 20.9. The molecule has 1 saturated heterocycles. The molecule has 1 aliphatic carbocycles. The van der Waals surface area contributed by atoms with Crippen LogP contribution in [0.5, 0.6) is 0 Å². The van der Waals surface area contributed by atoms with Crippen molar-refractivity contribution in [1.82, 2.24) is 44.7 Å². The Balaban J connectivity index is 1.38. The van der Waals surface area contributed by atoms with Crippen LogP contribution < -0.4 is 16.0 Å². The summed E-state index contributed by atoms with van der Waals surface area (Å²) in [6, 6.07) is 5.61. The van der Waals surface area contributed by atoms with Crippen molar-refractivity contribution in [3.8, 4) is 5.95 Å². The molecule has 13 nitrogen and oxygen atoms in total. The molecule has 1 saturated carbocycles. The third-order valence-corrected chi connectivity index (χ3v) is 6.39. The third kappa shape index (κ3) is 4.59. The van der Waals surface area contributed by atoms with Gasteiger partial charge in [-0.15, -0.1) is 0 Å². The summed E-state index contributed by atoms with van der Waals surface area (Å²) in [6.07, 6.45) is 6.93. The van der Waals surface area contributed by atoms with E-state index < -0.39 is 5.91 Å². The van der Waals surface area contributed by atoms with Gasteiger partial charge in [-0.25, -0.2) is 4.98 Å². The number of amides is 3. The first-order valence-corrected chi connectivity index (χ1v) is 12.3. The Kier molecular flexibility index (Phi) is 5.83. The first-order chi connectivity index (χ1) is 18.4. The number of hydrogen-bond acceptors (Lipinski definition) is 9. The van der Waals surface area contributed by atoms with E-state index in [0.717, 1.165) is 24.9 Å². The second kappa shape index (κ2) is 9.34. The number of benzene rings is 1. The Hall–Kier alpha value is -4.65. The molecule has 2 fully saturated rings. The summed E-state index contributed by atoms with van der Waals surface area (Å²) in [5, 5.41) is 13.0. The lowest BCUT2D eigenvalue weighted by molar-refractivity contribution is -0.124. The van der Waals surface area contributed by atoms with Gasteiger partial charge < -0.3 is 15.5 Å². The van der Waals surface area contributed by atoms with Crippen LogP contribution in [0.3, 0.4) is 0 Å². The molecule has 1 aliphatic heterocycles. The van der Waals surface area contributed by atoms with Crippen LogP contribution in [0.25, 0.3) is 28.7 Å². The highest BCUT2D eigenvalue weighted by atomic mass is 16.2. The molecule has 4 heterocycles. The van der Waals surface area contributed by atoms with Gasteiger partial charge in [-0.1, -0.05) is 0 Å². The molecule has 194 valence electrons. The van der Waals surface area contributed by atoms with Gasteiger partial charge in [0, 0.05) is 35.8 Å². The molecule has 3 N–H and O–H groups in total. The van der Waals surface area contributed by atoms with Gasteiger partial charge in [-0.2, -0.15) is 19.6 Å². The number of aromatic nitrogens is 6. The third-order valence-electron chi connectivity index (χ3n) is 6.39. The van der Waals surface area contributed by atoms with Gasteiger partial charge in [0.05, 0.1) is 23.7 Å². The molecular formula is C25H26N10O3. The molecule has 6 rings (SSSR count). The van der Waals surface area contributed by atoms with E-state index in [0.29, 0.717) is 52.3 Å². The summed E-state index contributed by atoms with van der Waals surface area (Å²) in [5.41, 5.74) is 3.30. The Morgan fingerprint density at radius 3 is 2.82 bits per heavy atom. The maximum Gasteiger partial charge on any atom is 0.254 e. The molecule has 0 radical (unpaired) electrons. The number of imidazole rings is 1. The van der Waals surface area contributed by atoms with Crippen LogP contribution in [0.4, 0.5) is 5.95 Å². The molecule has 1 aromatic carbocycles. The number of hydrogen-bond donors (Lipinski definition) is 3. The smallest absolute Gasteiger partial charge is 0.254 e. The van der Waals surface area contributed by atoms with Gasteiger partial charge in [0.15, 0.2) is 5.65 Å². The molecule has 0 spiro atoms.